The number of rotatable bonds is 2. The molecule has 1 aliphatic rings. The minimum absolute atomic E-state index is 0. The van der Waals surface area contributed by atoms with Crippen molar-refractivity contribution in [2.45, 2.75) is 19.9 Å². The molecular weight excluding hydrogens is 709 g/mol. The summed E-state index contributed by atoms with van der Waals surface area (Å²) in [5.41, 5.74) is 7.71. The predicted molar refractivity (Wildman–Crippen MR) is 171 cm³/mol. The molecule has 4 heterocycles. The van der Waals surface area contributed by atoms with Gasteiger partial charge in [-0.2, -0.15) is 0 Å². The predicted octanol–water partition coefficient (Wildman–Crippen LogP) is 8.11. The van der Waals surface area contributed by atoms with E-state index in [1.807, 2.05) is 54.6 Å². The molecule has 3 aromatic heterocycles. The summed E-state index contributed by atoms with van der Waals surface area (Å²) in [5.74, 6) is 0. The van der Waals surface area contributed by atoms with Crippen LogP contribution in [0.15, 0.2) is 120 Å². The van der Waals surface area contributed by atoms with Crippen LogP contribution in [0.3, 0.4) is 0 Å². The van der Waals surface area contributed by atoms with E-state index in [1.54, 1.807) is 12.3 Å². The molecule has 0 fully saturated rings. The summed E-state index contributed by atoms with van der Waals surface area (Å²) in [7, 11) is -1.93. The normalized spacial score (nSPS) is 14.0. The van der Waals surface area contributed by atoms with Gasteiger partial charge in [-0.1, -0.05) is 84.2 Å². The molecule has 42 heavy (non-hydrogen) atoms. The maximum absolute atomic E-state index is 7.75. The molecule has 0 saturated heterocycles. The van der Waals surface area contributed by atoms with Gasteiger partial charge in [0.05, 0.1) is 5.58 Å². The molecule has 8 rings (SSSR count). The van der Waals surface area contributed by atoms with Crippen molar-refractivity contribution in [1.29, 1.82) is 0 Å². The van der Waals surface area contributed by atoms with E-state index >= 15 is 0 Å². The fraction of sp³-hybridized carbons (Fsp3) is 0.0811. The second-order valence-electron chi connectivity index (χ2n) is 10.7. The molecular formula is C37H28IrN2OSi-2. The third-order valence-electron chi connectivity index (χ3n) is 7.78. The van der Waals surface area contributed by atoms with Gasteiger partial charge in [0.2, 0.25) is 0 Å². The zero-order valence-corrected chi connectivity index (χ0v) is 26.5. The molecule has 0 atom stereocenters. The number of aromatic nitrogens is 2. The third kappa shape index (κ3) is 4.74. The maximum Gasteiger partial charge on any atom is 0.121 e. The van der Waals surface area contributed by atoms with Crippen LogP contribution >= 0.6 is 0 Å². The first-order valence-corrected chi connectivity index (χ1v) is 16.6. The molecule has 1 radical (unpaired) electrons. The first kappa shape index (κ1) is 24.4. The number of hydrogen-bond donors (Lipinski definition) is 0. The second kappa shape index (κ2) is 11.3. The number of benzene rings is 4. The van der Waals surface area contributed by atoms with Gasteiger partial charge in [0.1, 0.15) is 13.7 Å². The number of furan rings is 1. The van der Waals surface area contributed by atoms with Crippen molar-refractivity contribution < 1.29 is 28.6 Å². The van der Waals surface area contributed by atoms with Crippen LogP contribution in [0.4, 0.5) is 0 Å². The minimum Gasteiger partial charge on any atom is -0.501 e. The van der Waals surface area contributed by atoms with Crippen LogP contribution in [0.1, 0.15) is 9.68 Å². The van der Waals surface area contributed by atoms with Gasteiger partial charge in [0.15, 0.2) is 0 Å². The van der Waals surface area contributed by atoms with Crippen LogP contribution in [0, 0.1) is 19.0 Å². The monoisotopic (exact) mass is 740 g/mol. The number of aryl methyl sites for hydroxylation is 1. The van der Waals surface area contributed by atoms with Gasteiger partial charge >= 0.3 is 0 Å². The average Bonchev–Trinajstić information content (AvgIpc) is 3.54. The van der Waals surface area contributed by atoms with Gasteiger partial charge in [-0.3, -0.25) is 0 Å². The molecule has 0 bridgehead atoms. The zero-order chi connectivity index (χ0) is 30.5. The van der Waals surface area contributed by atoms with E-state index in [9.17, 15) is 0 Å². The second-order valence-corrected chi connectivity index (χ2v) is 14.9. The smallest absolute Gasteiger partial charge is 0.121 e. The zero-order valence-electron chi connectivity index (χ0n) is 26.1. The van der Waals surface area contributed by atoms with Gasteiger partial charge < -0.3 is 14.4 Å². The number of nitrogens with zero attached hydrogens (tertiary/aromatic N) is 2. The standard InChI is InChI=1S/C26H20NOSi.C11H8N.Ir/c1-16-13-14-27-22(15-16)21-9-6-8-18-19-11-12-20-17-7-4-5-10-23(17)29(2,3)26(20)25(19)28-24(18)21;1-2-6-10(7-3-1)11-8-4-5-9-12-11;/h4-8,10-15H,1-3H3;1-6,8-9H;/q2*-1;/i1D3;;. The summed E-state index contributed by atoms with van der Waals surface area (Å²) in [6.07, 6.45) is 3.33. The molecule has 0 saturated carbocycles. The van der Waals surface area contributed by atoms with Crippen molar-refractivity contribution in [1.82, 2.24) is 9.97 Å². The SMILES string of the molecule is [2H]C([2H])([2H])c1ccnc(-c2[c-]ccc3c2oc2c4c(ccc23)-c2ccccc2[Si]4(C)C)c1.[Ir].[c-]1ccccc1-c1ccccn1. The Labute approximate surface area is 264 Å². The Hall–Kier alpha value is -4.15. The van der Waals surface area contributed by atoms with E-state index in [4.69, 9.17) is 8.53 Å². The molecule has 0 unspecified atom stereocenters. The van der Waals surface area contributed by atoms with Crippen molar-refractivity contribution in [2.75, 3.05) is 0 Å². The molecule has 3 nitrogen and oxygen atoms in total. The third-order valence-corrected chi connectivity index (χ3v) is 11.3. The van der Waals surface area contributed by atoms with Crippen molar-refractivity contribution in [3.05, 3.63) is 133 Å². The summed E-state index contributed by atoms with van der Waals surface area (Å²) < 4.78 is 29.8. The van der Waals surface area contributed by atoms with Crippen molar-refractivity contribution in [2.24, 2.45) is 0 Å². The summed E-state index contributed by atoms with van der Waals surface area (Å²) in [6, 6.07) is 40.1. The first-order valence-electron chi connectivity index (χ1n) is 15.1. The van der Waals surface area contributed by atoms with E-state index in [0.29, 0.717) is 16.8 Å². The molecule has 0 spiro atoms. The van der Waals surface area contributed by atoms with Crippen LogP contribution in [-0.2, 0) is 20.1 Å². The molecule has 7 aromatic rings. The van der Waals surface area contributed by atoms with Crippen LogP contribution < -0.4 is 10.4 Å². The molecule has 4 aromatic carbocycles. The van der Waals surface area contributed by atoms with E-state index in [2.05, 4.69) is 71.6 Å². The van der Waals surface area contributed by atoms with Crippen LogP contribution in [0.5, 0.6) is 0 Å². The largest absolute Gasteiger partial charge is 0.501 e. The van der Waals surface area contributed by atoms with Crippen LogP contribution in [0.25, 0.3) is 55.6 Å². The van der Waals surface area contributed by atoms with E-state index in [1.165, 1.54) is 33.8 Å². The maximum atomic E-state index is 7.75. The first-order chi connectivity index (χ1) is 21.2. The van der Waals surface area contributed by atoms with E-state index < -0.39 is 14.9 Å². The van der Waals surface area contributed by atoms with E-state index in [-0.39, 0.29) is 25.7 Å². The Bertz CT molecular complexity index is 2110. The van der Waals surface area contributed by atoms with Gasteiger partial charge in [0, 0.05) is 42.0 Å². The fourth-order valence-corrected chi connectivity index (χ4v) is 9.20. The van der Waals surface area contributed by atoms with Crippen molar-refractivity contribution >= 4 is 40.4 Å². The van der Waals surface area contributed by atoms with Crippen LogP contribution in [-0.4, -0.2) is 18.0 Å². The molecule has 5 heteroatoms. The Morgan fingerprint density at radius 2 is 1.52 bits per heavy atom. The van der Waals surface area contributed by atoms with Crippen LogP contribution in [0.2, 0.25) is 13.1 Å². The summed E-state index contributed by atoms with van der Waals surface area (Å²) in [6.45, 7) is 2.55. The Morgan fingerprint density at radius 3 is 2.33 bits per heavy atom. The molecule has 0 N–H and O–H groups in total. The van der Waals surface area contributed by atoms with E-state index in [0.717, 1.165) is 27.6 Å². The summed E-state index contributed by atoms with van der Waals surface area (Å²) in [4.78, 5) is 8.66. The van der Waals surface area contributed by atoms with Gasteiger partial charge in [-0.05, 0) is 51.9 Å². The number of pyridine rings is 2. The van der Waals surface area contributed by atoms with Gasteiger partial charge in [0.25, 0.3) is 0 Å². The summed E-state index contributed by atoms with van der Waals surface area (Å²) in [5, 5.41) is 4.83. The molecule has 0 aliphatic carbocycles. The number of fused-ring (bicyclic) bond motifs is 7. The Balaban J connectivity index is 0.000000231. The van der Waals surface area contributed by atoms with Gasteiger partial charge in [-0.25, -0.2) is 0 Å². The fourth-order valence-electron chi connectivity index (χ4n) is 5.88. The molecule has 207 valence electrons. The molecule has 1 aliphatic heterocycles. The quantitative estimate of drug-likeness (QED) is 0.133. The van der Waals surface area contributed by atoms with Crippen molar-refractivity contribution in [3.63, 3.8) is 0 Å². The summed E-state index contributed by atoms with van der Waals surface area (Å²) >= 11 is 0. The van der Waals surface area contributed by atoms with Gasteiger partial charge in [-0.15, -0.1) is 54.1 Å². The molecule has 0 amide bonds. The van der Waals surface area contributed by atoms with Crippen molar-refractivity contribution in [3.8, 4) is 33.6 Å². The Kier molecular flexibility index (Phi) is 6.55. The minimum atomic E-state index is -2.19. The topological polar surface area (TPSA) is 38.9 Å². The Morgan fingerprint density at radius 1 is 0.714 bits per heavy atom. The average molecular weight is 740 g/mol. The number of hydrogen-bond acceptors (Lipinski definition) is 3.